The fourth-order valence-electron chi connectivity index (χ4n) is 4.90. The van der Waals surface area contributed by atoms with Crippen LogP contribution in [0, 0.1) is 0 Å². The van der Waals surface area contributed by atoms with Crippen molar-refractivity contribution in [2.24, 2.45) is 0 Å². The van der Waals surface area contributed by atoms with E-state index in [1.54, 1.807) is 11.0 Å². The molecule has 33 heavy (non-hydrogen) atoms. The lowest BCUT2D eigenvalue weighted by molar-refractivity contribution is -0.142. The lowest BCUT2D eigenvalue weighted by atomic mass is 9.91. The highest BCUT2D eigenvalue weighted by atomic mass is 35.5. The van der Waals surface area contributed by atoms with Crippen molar-refractivity contribution in [2.75, 3.05) is 19.6 Å². The molecule has 3 fully saturated rings. The molecule has 0 bridgehead atoms. The molecule has 178 valence electrons. The number of hydrogen-bond acceptors (Lipinski definition) is 4. The van der Waals surface area contributed by atoms with Gasteiger partial charge in [0.1, 0.15) is 12.2 Å². The fourth-order valence-corrected chi connectivity index (χ4v) is 5.15. The molecule has 0 radical (unpaired) electrons. The maximum atomic E-state index is 13.7. The molecule has 1 aliphatic heterocycles. The summed E-state index contributed by atoms with van der Waals surface area (Å²) < 4.78 is 41.8. The van der Waals surface area contributed by atoms with Crippen LogP contribution in [0.4, 0.5) is 13.2 Å². The SMILES string of the molecule is O=C(c1nn2c(C(F)(F)F)cc(C3CC3)cc2c1Cl)N1CCN([C@H]2CC[C@H](O)CC2)C(=O)C1. The Bertz CT molecular complexity index is 1110. The number of aromatic nitrogens is 2. The van der Waals surface area contributed by atoms with Crippen LogP contribution in [-0.2, 0) is 11.0 Å². The van der Waals surface area contributed by atoms with Crippen LogP contribution in [0.1, 0.15) is 66.2 Å². The summed E-state index contributed by atoms with van der Waals surface area (Å²) in [6.07, 6.45) is -0.663. The summed E-state index contributed by atoms with van der Waals surface area (Å²) >= 11 is 6.37. The van der Waals surface area contributed by atoms with Crippen molar-refractivity contribution in [3.05, 3.63) is 34.1 Å². The zero-order valence-corrected chi connectivity index (χ0v) is 18.6. The molecule has 11 heteroatoms. The van der Waals surface area contributed by atoms with Crippen LogP contribution in [0.2, 0.25) is 5.02 Å². The van der Waals surface area contributed by atoms with Gasteiger partial charge in [0.2, 0.25) is 5.91 Å². The zero-order valence-electron chi connectivity index (χ0n) is 17.8. The van der Waals surface area contributed by atoms with Crippen LogP contribution in [0.15, 0.2) is 12.1 Å². The Morgan fingerprint density at radius 2 is 1.79 bits per heavy atom. The smallest absolute Gasteiger partial charge is 0.393 e. The molecule has 3 aliphatic rings. The first-order valence-electron chi connectivity index (χ1n) is 11.2. The highest BCUT2D eigenvalue weighted by Gasteiger charge is 2.39. The Hall–Kier alpha value is -2.33. The van der Waals surface area contributed by atoms with Crippen molar-refractivity contribution < 1.29 is 27.9 Å². The van der Waals surface area contributed by atoms with E-state index in [0.29, 0.717) is 42.3 Å². The average molecular weight is 485 g/mol. The van der Waals surface area contributed by atoms with Gasteiger partial charge >= 0.3 is 6.18 Å². The number of rotatable bonds is 3. The van der Waals surface area contributed by atoms with Gasteiger partial charge in [-0.15, -0.1) is 0 Å². The maximum absolute atomic E-state index is 13.7. The molecule has 0 aromatic carbocycles. The Balaban J connectivity index is 1.40. The van der Waals surface area contributed by atoms with E-state index in [4.69, 9.17) is 11.6 Å². The minimum Gasteiger partial charge on any atom is -0.393 e. The van der Waals surface area contributed by atoms with E-state index in [1.807, 2.05) is 0 Å². The summed E-state index contributed by atoms with van der Waals surface area (Å²) in [4.78, 5) is 28.9. The van der Waals surface area contributed by atoms with Crippen molar-refractivity contribution in [3.63, 3.8) is 0 Å². The van der Waals surface area contributed by atoms with Gasteiger partial charge in [-0.25, -0.2) is 4.52 Å². The lowest BCUT2D eigenvalue weighted by Crippen LogP contribution is -2.56. The second-order valence-corrected chi connectivity index (χ2v) is 9.56. The van der Waals surface area contributed by atoms with Gasteiger partial charge in [-0.05, 0) is 62.1 Å². The number of hydrogen-bond donors (Lipinski definition) is 1. The largest absolute Gasteiger partial charge is 0.433 e. The Kier molecular flexibility index (Phi) is 5.55. The number of pyridine rings is 1. The predicted molar refractivity (Wildman–Crippen MR) is 113 cm³/mol. The molecule has 5 rings (SSSR count). The van der Waals surface area contributed by atoms with Crippen LogP contribution in [0.5, 0.6) is 0 Å². The van der Waals surface area contributed by atoms with E-state index < -0.39 is 17.8 Å². The Morgan fingerprint density at radius 3 is 2.39 bits per heavy atom. The second kappa shape index (κ2) is 8.16. The zero-order chi connectivity index (χ0) is 23.5. The minimum absolute atomic E-state index is 0.0344. The van der Waals surface area contributed by atoms with Gasteiger partial charge in [0.05, 0.1) is 16.6 Å². The molecule has 0 unspecified atom stereocenters. The van der Waals surface area contributed by atoms with Gasteiger partial charge in [0, 0.05) is 19.1 Å². The van der Waals surface area contributed by atoms with E-state index in [2.05, 4.69) is 5.10 Å². The van der Waals surface area contributed by atoms with Crippen LogP contribution in [0.3, 0.4) is 0 Å². The number of nitrogens with zero attached hydrogens (tertiary/aromatic N) is 4. The molecule has 1 N–H and O–H groups in total. The Morgan fingerprint density at radius 1 is 1.09 bits per heavy atom. The molecule has 2 aliphatic carbocycles. The number of piperazine rings is 1. The first-order chi connectivity index (χ1) is 15.6. The third kappa shape index (κ3) is 4.19. The molecule has 0 atom stereocenters. The molecular weight excluding hydrogens is 461 g/mol. The van der Waals surface area contributed by atoms with Gasteiger partial charge in [-0.2, -0.15) is 18.3 Å². The maximum Gasteiger partial charge on any atom is 0.433 e. The summed E-state index contributed by atoms with van der Waals surface area (Å²) in [6.45, 7) is 0.394. The number of carbonyl (C=O) groups excluding carboxylic acids is 2. The summed E-state index contributed by atoms with van der Waals surface area (Å²) in [5, 5.41) is 13.5. The summed E-state index contributed by atoms with van der Waals surface area (Å²) in [7, 11) is 0. The first-order valence-corrected chi connectivity index (χ1v) is 11.6. The van der Waals surface area contributed by atoms with Gasteiger partial charge < -0.3 is 14.9 Å². The highest BCUT2D eigenvalue weighted by Crippen LogP contribution is 2.43. The van der Waals surface area contributed by atoms with Gasteiger partial charge in [0.25, 0.3) is 5.91 Å². The topological polar surface area (TPSA) is 78.2 Å². The molecule has 3 heterocycles. The molecule has 7 nitrogen and oxygen atoms in total. The number of halogens is 4. The van der Waals surface area contributed by atoms with Crippen molar-refractivity contribution in [1.82, 2.24) is 19.4 Å². The first kappa shape index (κ1) is 22.5. The Labute approximate surface area is 193 Å². The molecule has 2 saturated carbocycles. The molecule has 0 spiro atoms. The predicted octanol–water partition coefficient (Wildman–Crippen LogP) is 3.47. The van der Waals surface area contributed by atoms with Crippen molar-refractivity contribution in [3.8, 4) is 0 Å². The molecule has 2 aromatic rings. The molecule has 1 saturated heterocycles. The van der Waals surface area contributed by atoms with Crippen molar-refractivity contribution in [1.29, 1.82) is 0 Å². The number of aliphatic hydroxyl groups excluding tert-OH is 1. The quantitative estimate of drug-likeness (QED) is 0.723. The standard InChI is InChI=1S/C22H24ClF3N4O3/c23-19-16-9-13(12-1-2-12)10-17(22(24,25)26)30(16)27-20(19)21(33)28-7-8-29(18(32)11-28)14-3-5-15(31)6-4-14/h9-10,12,14-15,31H,1-8,11H2/t14-,15-. The van der Waals surface area contributed by atoms with Crippen LogP contribution < -0.4 is 0 Å². The number of carbonyl (C=O) groups is 2. The highest BCUT2D eigenvalue weighted by molar-refractivity contribution is 6.36. The number of fused-ring (bicyclic) bond motifs is 1. The van der Waals surface area contributed by atoms with Crippen LogP contribution in [-0.4, -0.2) is 68.1 Å². The van der Waals surface area contributed by atoms with E-state index in [1.165, 1.54) is 4.90 Å². The summed E-state index contributed by atoms with van der Waals surface area (Å²) in [5.74, 6) is -0.812. The van der Waals surface area contributed by atoms with Gasteiger partial charge in [-0.3, -0.25) is 9.59 Å². The van der Waals surface area contributed by atoms with E-state index >= 15 is 0 Å². The third-order valence-corrected chi connectivity index (χ3v) is 7.26. The summed E-state index contributed by atoms with van der Waals surface area (Å²) in [5.41, 5.74) is -0.667. The molecule has 2 aromatic heterocycles. The fraction of sp³-hybridized carbons (Fsp3) is 0.591. The van der Waals surface area contributed by atoms with Crippen LogP contribution in [0.25, 0.3) is 5.52 Å². The van der Waals surface area contributed by atoms with Crippen molar-refractivity contribution >= 4 is 28.9 Å². The van der Waals surface area contributed by atoms with Crippen LogP contribution >= 0.6 is 11.6 Å². The normalized spacial score (nSPS) is 24.6. The number of amides is 2. The molecular formula is C22H24ClF3N4O3. The second-order valence-electron chi connectivity index (χ2n) is 9.18. The number of alkyl halides is 3. The minimum atomic E-state index is -4.66. The van der Waals surface area contributed by atoms with E-state index in [-0.39, 0.29) is 53.3 Å². The summed E-state index contributed by atoms with van der Waals surface area (Å²) in [6, 6.07) is 2.68. The van der Waals surface area contributed by atoms with E-state index in [9.17, 15) is 27.9 Å². The lowest BCUT2D eigenvalue weighted by Gasteiger charge is -2.41. The van der Waals surface area contributed by atoms with Crippen molar-refractivity contribution in [2.45, 2.75) is 62.8 Å². The average Bonchev–Trinajstić information content (AvgIpc) is 3.57. The van der Waals surface area contributed by atoms with Gasteiger partial charge in [-0.1, -0.05) is 11.6 Å². The monoisotopic (exact) mass is 484 g/mol. The van der Waals surface area contributed by atoms with Gasteiger partial charge in [0.15, 0.2) is 5.69 Å². The molecule has 2 amide bonds. The number of aliphatic hydroxyl groups is 1. The van der Waals surface area contributed by atoms with E-state index in [0.717, 1.165) is 18.9 Å². The third-order valence-electron chi connectivity index (χ3n) is 6.89.